The minimum absolute atomic E-state index is 0.299. The molecule has 0 nitrogen and oxygen atoms in total. The van der Waals surface area contributed by atoms with E-state index in [1.54, 1.807) is 12.2 Å². The molecule has 0 saturated carbocycles. The van der Waals surface area contributed by atoms with E-state index in [0.717, 1.165) is 16.7 Å². The van der Waals surface area contributed by atoms with E-state index in [-0.39, 0.29) is 5.41 Å². The lowest BCUT2D eigenvalue weighted by atomic mass is 9.70. The van der Waals surface area contributed by atoms with Crippen molar-refractivity contribution < 1.29 is 0 Å². The summed E-state index contributed by atoms with van der Waals surface area (Å²) >= 11 is 0. The molecule has 2 aliphatic rings. The molecule has 0 fully saturated rings. The Morgan fingerprint density at radius 1 is 0.447 bits per heavy atom. The van der Waals surface area contributed by atoms with Crippen LogP contribution in [0.25, 0.3) is 44.5 Å². The van der Waals surface area contributed by atoms with Gasteiger partial charge in [0.25, 0.3) is 0 Å². The van der Waals surface area contributed by atoms with Crippen molar-refractivity contribution in [3.05, 3.63) is 230 Å². The summed E-state index contributed by atoms with van der Waals surface area (Å²) in [5.74, 6) is 0. The summed E-state index contributed by atoms with van der Waals surface area (Å²) in [6.07, 6.45) is 7.35. The first-order valence-corrected chi connectivity index (χ1v) is 16.0. The largest absolute Gasteiger partial charge is 0.0990 e. The van der Waals surface area contributed by atoms with Gasteiger partial charge in [0, 0.05) is 0 Å². The minimum Gasteiger partial charge on any atom is -0.0990 e. The first-order chi connectivity index (χ1) is 23.1. The second-order valence-electron chi connectivity index (χ2n) is 11.9. The van der Waals surface area contributed by atoms with E-state index in [1.807, 2.05) is 30.4 Å². The first kappa shape index (κ1) is 29.7. The SMILES string of the molecule is C=C/C=C(\C=C)c1ccccc1.C=CC(=C)c1ccc(-c2ccc3c(c2)C2(c4ccccc4-c4ccccc42)c2ccccc2-3)cc1. The van der Waals surface area contributed by atoms with E-state index in [1.165, 1.54) is 61.2 Å². The van der Waals surface area contributed by atoms with Crippen molar-refractivity contribution in [1.29, 1.82) is 0 Å². The van der Waals surface area contributed by atoms with Crippen LogP contribution >= 0.6 is 0 Å². The van der Waals surface area contributed by atoms with E-state index in [2.05, 4.69) is 154 Å². The van der Waals surface area contributed by atoms with Gasteiger partial charge in [0.05, 0.1) is 5.41 Å². The predicted molar refractivity (Wildman–Crippen MR) is 202 cm³/mol. The summed E-state index contributed by atoms with van der Waals surface area (Å²) in [5.41, 5.74) is 17.3. The highest BCUT2D eigenvalue weighted by molar-refractivity contribution is 5.95. The van der Waals surface area contributed by atoms with Crippen LogP contribution in [0.15, 0.2) is 196 Å². The fraction of sp³-hybridized carbons (Fsp3) is 0.0213. The summed E-state index contributed by atoms with van der Waals surface area (Å²) in [5, 5.41) is 0. The van der Waals surface area contributed by atoms with Crippen molar-refractivity contribution in [2.45, 2.75) is 5.41 Å². The summed E-state index contributed by atoms with van der Waals surface area (Å²) < 4.78 is 0. The number of rotatable bonds is 6. The van der Waals surface area contributed by atoms with Gasteiger partial charge >= 0.3 is 0 Å². The molecular weight excluding hydrogens is 565 g/mol. The van der Waals surface area contributed by atoms with Crippen LogP contribution in [0.2, 0.25) is 0 Å². The molecule has 1 spiro atoms. The number of allylic oxidation sites excluding steroid dienone is 6. The molecule has 0 aromatic heterocycles. The Bertz CT molecular complexity index is 2120. The second-order valence-corrected chi connectivity index (χ2v) is 11.9. The Morgan fingerprint density at radius 2 is 0.936 bits per heavy atom. The molecule has 6 aromatic carbocycles. The zero-order valence-electron chi connectivity index (χ0n) is 26.5. The van der Waals surface area contributed by atoms with Crippen molar-refractivity contribution in [1.82, 2.24) is 0 Å². The molecule has 6 aromatic rings. The lowest BCUT2D eigenvalue weighted by molar-refractivity contribution is 0.794. The zero-order valence-corrected chi connectivity index (χ0v) is 26.5. The normalized spacial score (nSPS) is 12.9. The van der Waals surface area contributed by atoms with Crippen molar-refractivity contribution in [2.24, 2.45) is 0 Å². The average molecular weight is 601 g/mol. The van der Waals surface area contributed by atoms with Crippen molar-refractivity contribution in [3.63, 3.8) is 0 Å². The summed E-state index contributed by atoms with van der Waals surface area (Å²) in [6.45, 7) is 15.3. The Hall–Kier alpha value is -5.98. The van der Waals surface area contributed by atoms with Crippen LogP contribution in [0.1, 0.15) is 33.4 Å². The van der Waals surface area contributed by atoms with Crippen molar-refractivity contribution in [3.8, 4) is 33.4 Å². The second kappa shape index (κ2) is 12.4. The minimum atomic E-state index is -0.299. The van der Waals surface area contributed by atoms with Gasteiger partial charge in [-0.1, -0.05) is 190 Å². The monoisotopic (exact) mass is 600 g/mol. The number of fused-ring (bicyclic) bond motifs is 10. The molecule has 2 aliphatic carbocycles. The maximum Gasteiger partial charge on any atom is 0.0725 e. The molecular formula is C47H36. The molecule has 8 rings (SSSR count). The average Bonchev–Trinajstić information content (AvgIpc) is 3.61. The maximum atomic E-state index is 4.09. The van der Waals surface area contributed by atoms with Gasteiger partial charge in [-0.15, -0.1) is 0 Å². The van der Waals surface area contributed by atoms with Gasteiger partial charge in [-0.2, -0.15) is 0 Å². The molecule has 0 unspecified atom stereocenters. The van der Waals surface area contributed by atoms with Crippen LogP contribution in [-0.4, -0.2) is 0 Å². The quantitative estimate of drug-likeness (QED) is 0.167. The lowest BCUT2D eigenvalue weighted by Gasteiger charge is -2.30. The number of benzene rings is 6. The zero-order chi connectivity index (χ0) is 32.4. The Balaban J connectivity index is 0.000000249. The topological polar surface area (TPSA) is 0 Å². The van der Waals surface area contributed by atoms with Gasteiger partial charge in [0.15, 0.2) is 0 Å². The molecule has 0 N–H and O–H groups in total. The van der Waals surface area contributed by atoms with E-state index < -0.39 is 0 Å². The third-order valence-corrected chi connectivity index (χ3v) is 9.46. The van der Waals surface area contributed by atoms with E-state index >= 15 is 0 Å². The molecule has 0 atom stereocenters. The molecule has 0 heteroatoms. The molecule has 0 bridgehead atoms. The maximum absolute atomic E-state index is 4.09. The standard InChI is InChI=1S/C35H24.C12H12/c1-3-23(2)24-16-18-25(19-17-24)26-20-21-30-29-12-6-9-15-33(29)35(34(30)22-26)31-13-7-4-10-27(31)28-11-5-8-14-32(28)35;1-3-8-11(4-2)12-9-6-5-7-10-12/h3-22H,1-2H2;3-10H,1-2H2/b;11-8+. The smallest absolute Gasteiger partial charge is 0.0725 e. The van der Waals surface area contributed by atoms with Gasteiger partial charge in [0.2, 0.25) is 0 Å². The van der Waals surface area contributed by atoms with E-state index in [0.29, 0.717) is 0 Å². The molecule has 47 heavy (non-hydrogen) atoms. The van der Waals surface area contributed by atoms with Gasteiger partial charge in [-0.25, -0.2) is 0 Å². The van der Waals surface area contributed by atoms with Crippen molar-refractivity contribution >= 4 is 11.1 Å². The van der Waals surface area contributed by atoms with Gasteiger partial charge < -0.3 is 0 Å². The van der Waals surface area contributed by atoms with Crippen LogP contribution in [0.5, 0.6) is 0 Å². The molecule has 0 radical (unpaired) electrons. The van der Waals surface area contributed by atoms with Crippen molar-refractivity contribution in [2.75, 3.05) is 0 Å². The Labute approximate surface area is 278 Å². The van der Waals surface area contributed by atoms with Gasteiger partial charge in [-0.05, 0) is 84.0 Å². The number of hydrogen-bond donors (Lipinski definition) is 0. The highest BCUT2D eigenvalue weighted by Crippen LogP contribution is 2.62. The predicted octanol–water partition coefficient (Wildman–Crippen LogP) is 12.3. The van der Waals surface area contributed by atoms with Crippen LogP contribution in [0, 0.1) is 0 Å². The summed E-state index contributed by atoms with van der Waals surface area (Å²) in [4.78, 5) is 0. The first-order valence-electron chi connectivity index (χ1n) is 16.0. The van der Waals surface area contributed by atoms with E-state index in [9.17, 15) is 0 Å². The third kappa shape index (κ3) is 4.87. The van der Waals surface area contributed by atoms with Crippen LogP contribution in [0.3, 0.4) is 0 Å². The Morgan fingerprint density at radius 3 is 1.45 bits per heavy atom. The molecule has 0 amide bonds. The fourth-order valence-electron chi connectivity index (χ4n) is 7.31. The fourth-order valence-corrected chi connectivity index (χ4v) is 7.31. The summed E-state index contributed by atoms with van der Waals surface area (Å²) in [6, 6.07) is 52.6. The van der Waals surface area contributed by atoms with Crippen LogP contribution < -0.4 is 0 Å². The third-order valence-electron chi connectivity index (χ3n) is 9.46. The van der Waals surface area contributed by atoms with E-state index in [4.69, 9.17) is 0 Å². The molecule has 0 heterocycles. The van der Waals surface area contributed by atoms with Gasteiger partial charge in [-0.3, -0.25) is 0 Å². The summed E-state index contributed by atoms with van der Waals surface area (Å²) in [7, 11) is 0. The molecule has 224 valence electrons. The lowest BCUT2D eigenvalue weighted by Crippen LogP contribution is -2.25. The van der Waals surface area contributed by atoms with Crippen LogP contribution in [0.4, 0.5) is 0 Å². The highest BCUT2D eigenvalue weighted by atomic mass is 14.5. The molecule has 0 saturated heterocycles. The van der Waals surface area contributed by atoms with Crippen LogP contribution in [-0.2, 0) is 5.41 Å². The Kier molecular flexibility index (Phi) is 7.86. The van der Waals surface area contributed by atoms with Gasteiger partial charge in [0.1, 0.15) is 0 Å². The highest BCUT2D eigenvalue weighted by Gasteiger charge is 2.51. The molecule has 0 aliphatic heterocycles. The number of hydrogen-bond acceptors (Lipinski definition) is 0.